The molecule has 0 fully saturated rings. The molecule has 0 aliphatic heterocycles. The van der Waals surface area contributed by atoms with E-state index in [-0.39, 0.29) is 0 Å². The minimum absolute atomic E-state index is 0.690. The highest BCUT2D eigenvalue weighted by atomic mass is 127. The van der Waals surface area contributed by atoms with Crippen LogP contribution < -0.4 is 5.73 Å². The summed E-state index contributed by atoms with van der Waals surface area (Å²) in [5.41, 5.74) is 6.31. The van der Waals surface area contributed by atoms with Crippen LogP contribution in [0.25, 0.3) is 5.82 Å². The van der Waals surface area contributed by atoms with E-state index in [9.17, 15) is 0 Å². The first-order chi connectivity index (χ1) is 6.25. The highest BCUT2D eigenvalue weighted by Crippen LogP contribution is 2.09. The SMILES string of the molecule is Nc1ccnc(-n2cc(I)cn2)c1. The fourth-order valence-corrected chi connectivity index (χ4v) is 1.37. The Labute approximate surface area is 88.9 Å². The monoisotopic (exact) mass is 286 g/mol. The van der Waals surface area contributed by atoms with E-state index in [0.717, 1.165) is 9.39 Å². The van der Waals surface area contributed by atoms with Crippen LogP contribution in [0, 0.1) is 3.57 Å². The summed E-state index contributed by atoms with van der Waals surface area (Å²) >= 11 is 2.19. The molecule has 5 heteroatoms. The third-order valence-corrected chi connectivity index (χ3v) is 2.11. The molecule has 0 atom stereocenters. The molecule has 0 aromatic carbocycles. The molecule has 0 saturated carbocycles. The van der Waals surface area contributed by atoms with Crippen molar-refractivity contribution >= 4 is 28.3 Å². The number of aromatic nitrogens is 3. The normalized spacial score (nSPS) is 10.2. The van der Waals surface area contributed by atoms with Gasteiger partial charge in [-0.15, -0.1) is 0 Å². The molecule has 2 N–H and O–H groups in total. The van der Waals surface area contributed by atoms with Gasteiger partial charge in [-0.1, -0.05) is 0 Å². The zero-order valence-corrected chi connectivity index (χ0v) is 8.84. The molecule has 0 amide bonds. The number of hydrogen-bond acceptors (Lipinski definition) is 3. The number of hydrogen-bond donors (Lipinski definition) is 1. The molecular weight excluding hydrogens is 279 g/mol. The van der Waals surface area contributed by atoms with Crippen molar-refractivity contribution in [1.82, 2.24) is 14.8 Å². The van der Waals surface area contributed by atoms with E-state index in [1.165, 1.54) is 0 Å². The third kappa shape index (κ3) is 1.80. The maximum absolute atomic E-state index is 5.62. The average Bonchev–Trinajstić information content (AvgIpc) is 2.52. The Kier molecular flexibility index (Phi) is 2.17. The van der Waals surface area contributed by atoms with Crippen molar-refractivity contribution in [2.75, 3.05) is 5.73 Å². The lowest BCUT2D eigenvalue weighted by Crippen LogP contribution is -1.98. The summed E-state index contributed by atoms with van der Waals surface area (Å²) in [4.78, 5) is 4.14. The van der Waals surface area contributed by atoms with Gasteiger partial charge in [0, 0.05) is 24.1 Å². The molecule has 0 aliphatic carbocycles. The van der Waals surface area contributed by atoms with Crippen LogP contribution in [0.1, 0.15) is 0 Å². The number of halogens is 1. The van der Waals surface area contributed by atoms with Crippen LogP contribution in [0.15, 0.2) is 30.7 Å². The highest BCUT2D eigenvalue weighted by molar-refractivity contribution is 14.1. The van der Waals surface area contributed by atoms with Gasteiger partial charge in [0.2, 0.25) is 0 Å². The molecule has 0 saturated heterocycles. The van der Waals surface area contributed by atoms with Crippen LogP contribution in [0.5, 0.6) is 0 Å². The number of anilines is 1. The van der Waals surface area contributed by atoms with Crippen LogP contribution in [-0.2, 0) is 0 Å². The van der Waals surface area contributed by atoms with E-state index in [2.05, 4.69) is 32.7 Å². The molecule has 0 unspecified atom stereocenters. The van der Waals surface area contributed by atoms with Crippen molar-refractivity contribution in [1.29, 1.82) is 0 Å². The van der Waals surface area contributed by atoms with E-state index >= 15 is 0 Å². The third-order valence-electron chi connectivity index (χ3n) is 1.56. The Morgan fingerprint density at radius 2 is 2.31 bits per heavy atom. The first-order valence-electron chi connectivity index (χ1n) is 3.68. The van der Waals surface area contributed by atoms with Crippen LogP contribution in [-0.4, -0.2) is 14.8 Å². The first kappa shape index (κ1) is 8.49. The number of rotatable bonds is 1. The Hall–Kier alpha value is -1.11. The second-order valence-corrected chi connectivity index (χ2v) is 3.80. The van der Waals surface area contributed by atoms with Gasteiger partial charge in [0.25, 0.3) is 0 Å². The molecule has 0 bridgehead atoms. The van der Waals surface area contributed by atoms with Gasteiger partial charge >= 0.3 is 0 Å². The fourth-order valence-electron chi connectivity index (χ4n) is 0.986. The molecule has 2 aromatic rings. The van der Waals surface area contributed by atoms with Crippen molar-refractivity contribution in [3.63, 3.8) is 0 Å². The summed E-state index contributed by atoms with van der Waals surface area (Å²) in [6, 6.07) is 3.53. The van der Waals surface area contributed by atoms with E-state index in [1.807, 2.05) is 6.20 Å². The minimum Gasteiger partial charge on any atom is -0.399 e. The molecule has 2 rings (SSSR count). The van der Waals surface area contributed by atoms with Crippen molar-refractivity contribution in [3.8, 4) is 5.82 Å². The second-order valence-electron chi connectivity index (χ2n) is 2.55. The highest BCUT2D eigenvalue weighted by Gasteiger charge is 1.99. The molecule has 0 aliphatic rings. The molecule has 66 valence electrons. The molecule has 0 radical (unpaired) electrons. The summed E-state index contributed by atoms with van der Waals surface area (Å²) in [6.07, 6.45) is 5.33. The number of nitrogen functional groups attached to an aromatic ring is 1. The molecule has 2 aromatic heterocycles. The second kappa shape index (κ2) is 3.33. The zero-order chi connectivity index (χ0) is 9.26. The molecule has 13 heavy (non-hydrogen) atoms. The van der Waals surface area contributed by atoms with Gasteiger partial charge in [-0.2, -0.15) is 5.10 Å². The van der Waals surface area contributed by atoms with Crippen molar-refractivity contribution < 1.29 is 0 Å². The summed E-state index contributed by atoms with van der Waals surface area (Å²) in [7, 11) is 0. The largest absolute Gasteiger partial charge is 0.399 e. The summed E-state index contributed by atoms with van der Waals surface area (Å²) in [5, 5.41) is 4.12. The lowest BCUT2D eigenvalue weighted by Gasteiger charge is -1.99. The van der Waals surface area contributed by atoms with E-state index < -0.39 is 0 Å². The Bertz CT molecular complexity index is 424. The topological polar surface area (TPSA) is 56.7 Å². The van der Waals surface area contributed by atoms with Crippen molar-refractivity contribution in [3.05, 3.63) is 34.3 Å². The maximum atomic E-state index is 5.62. The van der Waals surface area contributed by atoms with Gasteiger partial charge < -0.3 is 5.73 Å². The van der Waals surface area contributed by atoms with E-state index in [1.54, 1.807) is 29.2 Å². The Balaban J connectivity index is 2.46. The van der Waals surface area contributed by atoms with Gasteiger partial charge in [0.05, 0.1) is 9.77 Å². The Morgan fingerprint density at radius 3 is 2.92 bits per heavy atom. The van der Waals surface area contributed by atoms with Crippen molar-refractivity contribution in [2.24, 2.45) is 0 Å². The molecular formula is C8H7IN4. The van der Waals surface area contributed by atoms with Gasteiger partial charge in [0.15, 0.2) is 5.82 Å². The summed E-state index contributed by atoms with van der Waals surface area (Å²) in [5.74, 6) is 0.739. The molecule has 4 nitrogen and oxygen atoms in total. The number of nitrogens with two attached hydrogens (primary N) is 1. The van der Waals surface area contributed by atoms with Crippen LogP contribution in [0.3, 0.4) is 0 Å². The van der Waals surface area contributed by atoms with E-state index in [4.69, 9.17) is 5.73 Å². The molecule has 0 spiro atoms. The Morgan fingerprint density at radius 1 is 1.46 bits per heavy atom. The quantitative estimate of drug-likeness (QED) is 0.807. The lowest BCUT2D eigenvalue weighted by molar-refractivity contribution is 0.847. The predicted octanol–water partition coefficient (Wildman–Crippen LogP) is 1.45. The predicted molar refractivity (Wildman–Crippen MR) is 58.5 cm³/mol. The van der Waals surface area contributed by atoms with Crippen LogP contribution in [0.4, 0.5) is 5.69 Å². The van der Waals surface area contributed by atoms with Crippen molar-refractivity contribution in [2.45, 2.75) is 0 Å². The van der Waals surface area contributed by atoms with E-state index in [0.29, 0.717) is 5.69 Å². The van der Waals surface area contributed by atoms with Crippen LogP contribution in [0.2, 0.25) is 0 Å². The van der Waals surface area contributed by atoms with Crippen LogP contribution >= 0.6 is 22.6 Å². The number of pyridine rings is 1. The average molecular weight is 286 g/mol. The summed E-state index contributed by atoms with van der Waals surface area (Å²) < 4.78 is 2.76. The fraction of sp³-hybridized carbons (Fsp3) is 0. The minimum atomic E-state index is 0.690. The molecule has 2 heterocycles. The smallest absolute Gasteiger partial charge is 0.155 e. The zero-order valence-electron chi connectivity index (χ0n) is 6.68. The van der Waals surface area contributed by atoms with Gasteiger partial charge in [0.1, 0.15) is 0 Å². The number of nitrogens with zero attached hydrogens (tertiary/aromatic N) is 3. The maximum Gasteiger partial charge on any atom is 0.155 e. The van der Waals surface area contributed by atoms with Gasteiger partial charge in [-0.05, 0) is 28.7 Å². The van der Waals surface area contributed by atoms with Gasteiger partial charge in [-0.25, -0.2) is 9.67 Å². The summed E-state index contributed by atoms with van der Waals surface area (Å²) in [6.45, 7) is 0. The standard InChI is InChI=1S/C8H7IN4/c9-6-4-12-13(5-6)8-3-7(10)1-2-11-8/h1-5H,(H2,10,11). The lowest BCUT2D eigenvalue weighted by atomic mass is 10.4. The van der Waals surface area contributed by atoms with Gasteiger partial charge in [-0.3, -0.25) is 0 Å². The first-order valence-corrected chi connectivity index (χ1v) is 4.75.